The van der Waals surface area contributed by atoms with Gasteiger partial charge >= 0.3 is 0 Å². The van der Waals surface area contributed by atoms with E-state index in [4.69, 9.17) is 22.3 Å². The largest absolute Gasteiger partial charge is 0.353 e. The first-order valence-electron chi connectivity index (χ1n) is 38.5. The number of nitrogens with zero attached hydrogens (tertiary/aromatic N) is 23. The lowest BCUT2D eigenvalue weighted by Crippen LogP contribution is -2.48. The summed E-state index contributed by atoms with van der Waals surface area (Å²) in [5, 5.41) is 22.7. The second-order valence-corrected chi connectivity index (χ2v) is 33.4. The number of thioether (sulfide) groups is 2. The lowest BCUT2D eigenvalue weighted by Gasteiger charge is -2.35. The molecule has 0 bridgehead atoms. The Bertz CT molecular complexity index is 4750. The van der Waals surface area contributed by atoms with Crippen LogP contribution in [0.5, 0.6) is 0 Å². The number of carbonyl (C=O) groups excluding carboxylic acids is 4. The van der Waals surface area contributed by atoms with Crippen molar-refractivity contribution in [2.75, 3.05) is 130 Å². The Labute approximate surface area is 683 Å². The minimum Gasteiger partial charge on any atom is -0.353 e. The van der Waals surface area contributed by atoms with Gasteiger partial charge in [0.1, 0.15) is 22.6 Å². The lowest BCUT2D eigenvalue weighted by atomic mass is 9.92. The normalized spacial score (nSPS) is 17.1. The van der Waals surface area contributed by atoms with Crippen LogP contribution in [0.3, 0.4) is 0 Å². The number of rotatable bonds is 12. The standard InChI is InChI=1S/C21H29F2N7O.C16H22N6O3S.C16H22N6OS.C10H11ClN4S.C7H13NO.C6H11F2N/c1-14-12-15(2)30(27-14)19-13-18(29-10-8-28(9-11-29)16(3)31)25-20(26-19)24-17-4-6-21(22,23)7-5-17;1-11-9-12(2)22(19-11)15-10-14(17-16(18-15)26(4,24)25)21-7-5-20(6-8-21)13(3)23;1-11-9-12(2)22(19-11)15-10-14(17-16(18-15)24-4)21-7-5-20(6-8-21)13(3)23;1-6-4-7(2)15(14-6)9-5-8(11)12-10(13-9)16-3;1-7(9)8-5-3-2-4-6-8;7-6(8)3-1-5(9)2-4-6/h12-13,17H,4-11H2,1-3H3,(H,24,25,26);9-10H,5-8H2,1-4H3;9-10H,5-8H2,1-4H3;4-5H,1-3H3;2-6H2,1H3;5H,1-4,9H2. The van der Waals surface area contributed by atoms with Gasteiger partial charge in [-0.1, -0.05) is 35.1 Å². The number of piperidine rings is 1. The quantitative estimate of drug-likeness (QED) is 0.0497. The van der Waals surface area contributed by atoms with Gasteiger partial charge < -0.3 is 45.3 Å². The van der Waals surface area contributed by atoms with Crippen molar-refractivity contribution in [1.82, 2.24) is 98.6 Å². The van der Waals surface area contributed by atoms with Crippen LogP contribution in [0.4, 0.5) is 41.0 Å². The average Bonchev–Trinajstić information content (AvgIpc) is 1.77. The number of nitrogens with two attached hydrogens (primary N) is 1. The first kappa shape index (κ1) is 89.8. The molecule has 4 aliphatic heterocycles. The maximum Gasteiger partial charge on any atom is 0.250 e. The number of amides is 4. The highest BCUT2D eigenvalue weighted by Crippen LogP contribution is 2.36. The van der Waals surface area contributed by atoms with E-state index in [1.165, 1.54) is 42.8 Å². The van der Waals surface area contributed by atoms with Crippen molar-refractivity contribution in [2.24, 2.45) is 5.73 Å². The summed E-state index contributed by atoms with van der Waals surface area (Å²) in [6, 6.07) is 15.1. The number of piperazine rings is 3. The third-order valence-corrected chi connectivity index (χ3v) is 22.2. The molecule has 39 heteroatoms. The number of sulfone groups is 1. The third-order valence-electron chi connectivity index (χ3n) is 20.1. The van der Waals surface area contributed by atoms with Gasteiger partial charge in [0.05, 0.1) is 22.8 Å². The van der Waals surface area contributed by atoms with Gasteiger partial charge in [0.2, 0.25) is 51.3 Å². The number of aromatic nitrogens is 16. The maximum absolute atomic E-state index is 13.5. The lowest BCUT2D eigenvalue weighted by molar-refractivity contribution is -0.130. The molecule has 6 fully saturated rings. The topological polar surface area (TPSA) is 338 Å². The second-order valence-electron chi connectivity index (χ2n) is 29.5. The number of aryl methyl sites for hydroxylation is 8. The number of likely N-dealkylation sites (tertiary alicyclic amines) is 1. The van der Waals surface area contributed by atoms with Crippen LogP contribution < -0.4 is 25.8 Å². The molecule has 0 atom stereocenters. The zero-order valence-corrected chi connectivity index (χ0v) is 71.6. The molecule has 2 saturated carbocycles. The SMILES string of the molecule is CC(=O)N1CCCCC1.CC(=O)N1CCN(c2cc(-n3nc(C)cc3C)nc(NC3CCC(F)(F)CC3)n2)CC1.CC(=O)N1CCN(c2cc(-n3nc(C)cc3C)nc(S(C)(=O)=O)n2)CC1.CSc1nc(Cl)cc(-n2nc(C)cc2C)n1.CSc1nc(N2CCN(C(C)=O)CC2)cc(-n2nc(C)cc2C)n1.NC1CCC(F)(F)CC1. The van der Waals surface area contributed by atoms with E-state index in [0.29, 0.717) is 118 Å². The van der Waals surface area contributed by atoms with Gasteiger partial charge in [-0.15, -0.1) is 0 Å². The van der Waals surface area contributed by atoms with E-state index in [2.05, 4.69) is 70.4 Å². The molecular formula is C76H108ClF4N25O6S3. The van der Waals surface area contributed by atoms with Crippen LogP contribution in [0.1, 0.15) is 144 Å². The Hall–Kier alpha value is -9.14. The van der Waals surface area contributed by atoms with Crippen molar-refractivity contribution in [3.05, 3.63) is 99.2 Å². The van der Waals surface area contributed by atoms with Crippen LogP contribution in [-0.4, -0.2) is 265 Å². The Balaban J connectivity index is 0.000000166. The molecule has 626 valence electrons. The molecule has 31 nitrogen and oxygen atoms in total. The van der Waals surface area contributed by atoms with Crippen molar-refractivity contribution >= 4 is 92.0 Å². The third kappa shape index (κ3) is 25.9. The number of alkyl halides is 4. The van der Waals surface area contributed by atoms with Gasteiger partial charge in [0, 0.05) is 210 Å². The van der Waals surface area contributed by atoms with E-state index in [0.717, 1.165) is 114 Å². The van der Waals surface area contributed by atoms with Gasteiger partial charge in [-0.3, -0.25) is 19.2 Å². The summed E-state index contributed by atoms with van der Waals surface area (Å²) in [6.07, 6.45) is 10.1. The van der Waals surface area contributed by atoms with Crippen LogP contribution >= 0.6 is 35.1 Å². The monoisotopic (exact) mass is 1670 g/mol. The van der Waals surface area contributed by atoms with Crippen LogP contribution in [-0.2, 0) is 29.0 Å². The second kappa shape index (κ2) is 40.1. The van der Waals surface area contributed by atoms with E-state index in [1.807, 2.05) is 129 Å². The number of halogens is 5. The highest BCUT2D eigenvalue weighted by atomic mass is 35.5. The highest BCUT2D eigenvalue weighted by molar-refractivity contribution is 7.98. The fourth-order valence-corrected chi connectivity index (χ4v) is 15.3. The van der Waals surface area contributed by atoms with E-state index in [9.17, 15) is 45.2 Å². The molecule has 0 aromatic carbocycles. The predicted molar refractivity (Wildman–Crippen MR) is 438 cm³/mol. The average molecular weight is 1680 g/mol. The fourth-order valence-electron chi connectivity index (χ4n) is 13.8. The van der Waals surface area contributed by atoms with Gasteiger partial charge in [0.25, 0.3) is 5.16 Å². The van der Waals surface area contributed by atoms with Crippen LogP contribution in [0.2, 0.25) is 5.15 Å². The summed E-state index contributed by atoms with van der Waals surface area (Å²) < 4.78 is 82.8. The maximum atomic E-state index is 13.5. The minimum atomic E-state index is -3.58. The molecule has 14 rings (SSSR count). The summed E-state index contributed by atoms with van der Waals surface area (Å²) in [7, 11) is -3.58. The van der Waals surface area contributed by atoms with Gasteiger partial charge in [0.15, 0.2) is 33.6 Å². The zero-order chi connectivity index (χ0) is 83.8. The van der Waals surface area contributed by atoms with Crippen LogP contribution in [0, 0.1) is 55.4 Å². The Morgan fingerprint density at radius 2 is 0.722 bits per heavy atom. The van der Waals surface area contributed by atoms with Crippen molar-refractivity contribution in [3.63, 3.8) is 0 Å². The number of hydrogen-bond acceptors (Lipinski definition) is 25. The Morgan fingerprint density at radius 3 is 1.05 bits per heavy atom. The van der Waals surface area contributed by atoms with Crippen LogP contribution in [0.25, 0.3) is 23.3 Å². The Morgan fingerprint density at radius 1 is 0.426 bits per heavy atom. The first-order chi connectivity index (χ1) is 54.3. The van der Waals surface area contributed by atoms with Crippen LogP contribution in [0.15, 0.2) is 64.0 Å². The van der Waals surface area contributed by atoms with E-state index in [1.54, 1.807) is 58.8 Å². The molecule has 0 unspecified atom stereocenters. The molecule has 3 N–H and O–H groups in total. The summed E-state index contributed by atoms with van der Waals surface area (Å²) in [5.41, 5.74) is 12.9. The molecule has 12 heterocycles. The van der Waals surface area contributed by atoms with Crippen molar-refractivity contribution in [1.29, 1.82) is 0 Å². The molecule has 8 aromatic heterocycles. The zero-order valence-electron chi connectivity index (χ0n) is 68.4. The summed E-state index contributed by atoms with van der Waals surface area (Å²) >= 11 is 8.91. The molecule has 6 aliphatic rings. The highest BCUT2D eigenvalue weighted by Gasteiger charge is 2.36. The molecule has 0 radical (unpaired) electrons. The number of hydrogen-bond donors (Lipinski definition) is 2. The van der Waals surface area contributed by atoms with Gasteiger partial charge in [-0.25, -0.2) is 69.6 Å². The summed E-state index contributed by atoms with van der Waals surface area (Å²) in [5.74, 6) is 0.569. The molecular weight excluding hydrogens is 1570 g/mol. The molecule has 2 aliphatic carbocycles. The molecule has 4 amide bonds. The van der Waals surface area contributed by atoms with E-state index < -0.39 is 21.7 Å². The summed E-state index contributed by atoms with van der Waals surface area (Å²) in [4.78, 5) is 94.5. The van der Waals surface area contributed by atoms with Gasteiger partial charge in [-0.2, -0.15) is 35.3 Å². The minimum absolute atomic E-state index is 0.0182. The van der Waals surface area contributed by atoms with E-state index in [-0.39, 0.29) is 66.6 Å². The van der Waals surface area contributed by atoms with Crippen molar-refractivity contribution in [3.8, 4) is 23.3 Å². The predicted octanol–water partition coefficient (Wildman–Crippen LogP) is 10.2. The number of carbonyl (C=O) groups is 4. The molecule has 8 aromatic rings. The van der Waals surface area contributed by atoms with Crippen molar-refractivity contribution < 1.29 is 45.2 Å². The molecule has 0 spiro atoms. The number of nitrogens with one attached hydrogen (secondary N) is 1. The van der Waals surface area contributed by atoms with E-state index >= 15 is 0 Å². The van der Waals surface area contributed by atoms with Crippen molar-refractivity contribution in [2.45, 2.75) is 193 Å². The fraction of sp³-hybridized carbons (Fsp3) is 0.579. The molecule has 4 saturated heterocycles. The smallest absolute Gasteiger partial charge is 0.250 e. The van der Waals surface area contributed by atoms with Gasteiger partial charge in [-0.05, 0) is 137 Å². The molecule has 115 heavy (non-hydrogen) atoms. The first-order valence-corrected chi connectivity index (χ1v) is 43.2. The summed E-state index contributed by atoms with van der Waals surface area (Å²) in [6.45, 7) is 31.8. The Kier molecular flexibility index (Phi) is 31.3. The number of anilines is 4.